The standard InChI is InChI=1S/C24H25BrClNO2/c1-3-28-23-14-19(15-27-17(2)20-9-5-4-6-10-20)13-22(25)24(23)29-16-18-8-7-11-21(26)12-18/h4-14,17,27H,3,15-16H2,1-2H3/t17-/m0/s1. The van der Waals surface area contributed by atoms with Gasteiger partial charge >= 0.3 is 0 Å². The van der Waals surface area contributed by atoms with Crippen molar-refractivity contribution >= 4 is 27.5 Å². The predicted molar refractivity (Wildman–Crippen MR) is 123 cm³/mol. The fourth-order valence-corrected chi connectivity index (χ4v) is 3.86. The Morgan fingerprint density at radius 3 is 2.48 bits per heavy atom. The van der Waals surface area contributed by atoms with Crippen LogP contribution in [0, 0.1) is 0 Å². The lowest BCUT2D eigenvalue weighted by Crippen LogP contribution is -2.18. The highest BCUT2D eigenvalue weighted by Gasteiger charge is 2.14. The van der Waals surface area contributed by atoms with Crippen LogP contribution in [0.1, 0.15) is 36.6 Å². The fourth-order valence-electron chi connectivity index (χ4n) is 3.04. The van der Waals surface area contributed by atoms with Crippen molar-refractivity contribution in [2.75, 3.05) is 6.61 Å². The number of nitrogens with one attached hydrogen (secondary N) is 1. The van der Waals surface area contributed by atoms with Crippen molar-refractivity contribution in [2.24, 2.45) is 0 Å². The van der Waals surface area contributed by atoms with E-state index in [1.54, 1.807) is 0 Å². The second-order valence-electron chi connectivity index (χ2n) is 6.77. The van der Waals surface area contributed by atoms with E-state index in [9.17, 15) is 0 Å². The molecule has 0 unspecified atom stereocenters. The van der Waals surface area contributed by atoms with E-state index in [-0.39, 0.29) is 6.04 Å². The van der Waals surface area contributed by atoms with Crippen LogP contribution in [0.25, 0.3) is 0 Å². The Morgan fingerprint density at radius 2 is 1.76 bits per heavy atom. The number of halogens is 2. The molecule has 0 fully saturated rings. The average Bonchev–Trinajstić information content (AvgIpc) is 2.72. The molecule has 0 radical (unpaired) electrons. The summed E-state index contributed by atoms with van der Waals surface area (Å²) in [5.74, 6) is 1.43. The van der Waals surface area contributed by atoms with E-state index in [1.165, 1.54) is 5.56 Å². The summed E-state index contributed by atoms with van der Waals surface area (Å²) in [6, 6.07) is 22.4. The molecule has 3 rings (SSSR count). The molecule has 3 nitrogen and oxygen atoms in total. The third-order valence-electron chi connectivity index (χ3n) is 4.55. The number of benzene rings is 3. The third kappa shape index (κ3) is 6.23. The van der Waals surface area contributed by atoms with Gasteiger partial charge in [0.2, 0.25) is 0 Å². The molecule has 0 bridgehead atoms. The average molecular weight is 475 g/mol. The summed E-state index contributed by atoms with van der Waals surface area (Å²) in [6.07, 6.45) is 0. The fraction of sp³-hybridized carbons (Fsp3) is 0.250. The summed E-state index contributed by atoms with van der Waals surface area (Å²) >= 11 is 9.72. The maximum atomic E-state index is 6.07. The summed E-state index contributed by atoms with van der Waals surface area (Å²) in [7, 11) is 0. The molecule has 0 amide bonds. The van der Waals surface area contributed by atoms with Crippen LogP contribution in [0.2, 0.25) is 5.02 Å². The number of ether oxygens (including phenoxy) is 2. The first-order valence-corrected chi connectivity index (χ1v) is 10.8. The van der Waals surface area contributed by atoms with Crippen molar-refractivity contribution in [1.82, 2.24) is 5.32 Å². The zero-order chi connectivity index (χ0) is 20.6. The SMILES string of the molecule is CCOc1cc(CN[C@@H](C)c2ccccc2)cc(Br)c1OCc1cccc(Cl)c1. The van der Waals surface area contributed by atoms with Gasteiger partial charge in [0.15, 0.2) is 11.5 Å². The first kappa shape index (κ1) is 21.7. The van der Waals surface area contributed by atoms with E-state index in [1.807, 2.05) is 43.3 Å². The maximum absolute atomic E-state index is 6.07. The summed E-state index contributed by atoms with van der Waals surface area (Å²) in [4.78, 5) is 0. The molecular weight excluding hydrogens is 450 g/mol. The first-order valence-electron chi connectivity index (χ1n) is 9.67. The van der Waals surface area contributed by atoms with Gasteiger partial charge in [0, 0.05) is 17.6 Å². The second kappa shape index (κ2) is 10.7. The van der Waals surface area contributed by atoms with E-state index >= 15 is 0 Å². The lowest BCUT2D eigenvalue weighted by atomic mass is 10.1. The molecule has 0 aliphatic heterocycles. The van der Waals surface area contributed by atoms with E-state index < -0.39 is 0 Å². The van der Waals surface area contributed by atoms with Gasteiger partial charge in [0.1, 0.15) is 6.61 Å². The Hall–Kier alpha value is -2.01. The summed E-state index contributed by atoms with van der Waals surface area (Å²) in [5.41, 5.74) is 3.39. The molecule has 3 aromatic carbocycles. The summed E-state index contributed by atoms with van der Waals surface area (Å²) in [5, 5.41) is 4.26. The molecule has 152 valence electrons. The number of hydrogen-bond acceptors (Lipinski definition) is 3. The van der Waals surface area contributed by atoms with E-state index in [0.29, 0.717) is 24.0 Å². The minimum Gasteiger partial charge on any atom is -0.490 e. The summed E-state index contributed by atoms with van der Waals surface area (Å²) in [6.45, 7) is 5.84. The molecule has 0 heterocycles. The maximum Gasteiger partial charge on any atom is 0.175 e. The Morgan fingerprint density at radius 1 is 0.966 bits per heavy atom. The van der Waals surface area contributed by atoms with Crippen molar-refractivity contribution < 1.29 is 9.47 Å². The normalized spacial score (nSPS) is 11.9. The highest BCUT2D eigenvalue weighted by molar-refractivity contribution is 9.10. The summed E-state index contributed by atoms with van der Waals surface area (Å²) < 4.78 is 12.8. The highest BCUT2D eigenvalue weighted by Crippen LogP contribution is 2.37. The van der Waals surface area contributed by atoms with Gasteiger partial charge in [-0.15, -0.1) is 0 Å². The molecule has 0 spiro atoms. The topological polar surface area (TPSA) is 30.5 Å². The van der Waals surface area contributed by atoms with Crippen molar-refractivity contribution in [3.63, 3.8) is 0 Å². The molecule has 1 N–H and O–H groups in total. The van der Waals surface area contributed by atoms with Gasteiger partial charge in [-0.25, -0.2) is 0 Å². The Labute approximate surface area is 186 Å². The van der Waals surface area contributed by atoms with Gasteiger partial charge < -0.3 is 14.8 Å². The van der Waals surface area contributed by atoms with Crippen LogP contribution in [0.5, 0.6) is 11.5 Å². The van der Waals surface area contributed by atoms with Gasteiger partial charge in [-0.2, -0.15) is 0 Å². The van der Waals surface area contributed by atoms with Crippen LogP contribution >= 0.6 is 27.5 Å². The Bertz CT molecular complexity index is 933. The molecule has 0 aliphatic carbocycles. The zero-order valence-corrected chi connectivity index (χ0v) is 19.0. The van der Waals surface area contributed by atoms with Crippen molar-refractivity contribution in [3.8, 4) is 11.5 Å². The van der Waals surface area contributed by atoms with E-state index in [0.717, 1.165) is 27.9 Å². The monoisotopic (exact) mass is 473 g/mol. The zero-order valence-electron chi connectivity index (χ0n) is 16.6. The van der Waals surface area contributed by atoms with E-state index in [2.05, 4.69) is 58.5 Å². The third-order valence-corrected chi connectivity index (χ3v) is 5.38. The molecule has 0 saturated heterocycles. The van der Waals surface area contributed by atoms with Crippen LogP contribution in [0.4, 0.5) is 0 Å². The van der Waals surface area contributed by atoms with Crippen LogP contribution in [0.15, 0.2) is 71.2 Å². The molecule has 3 aromatic rings. The van der Waals surface area contributed by atoms with Crippen LogP contribution in [0.3, 0.4) is 0 Å². The minimum absolute atomic E-state index is 0.254. The highest BCUT2D eigenvalue weighted by atomic mass is 79.9. The quantitative estimate of drug-likeness (QED) is 0.365. The largest absolute Gasteiger partial charge is 0.490 e. The van der Waals surface area contributed by atoms with E-state index in [4.69, 9.17) is 21.1 Å². The van der Waals surface area contributed by atoms with Crippen LogP contribution < -0.4 is 14.8 Å². The van der Waals surface area contributed by atoms with Gasteiger partial charge in [-0.1, -0.05) is 54.1 Å². The molecule has 0 aliphatic rings. The first-order chi connectivity index (χ1) is 14.1. The second-order valence-corrected chi connectivity index (χ2v) is 8.06. The van der Waals surface area contributed by atoms with Crippen LogP contribution in [-0.2, 0) is 13.2 Å². The molecule has 0 aromatic heterocycles. The molecule has 5 heteroatoms. The predicted octanol–water partition coefficient (Wildman–Crippen LogP) is 6.93. The number of hydrogen-bond donors (Lipinski definition) is 1. The molecule has 1 atom stereocenters. The van der Waals surface area contributed by atoms with Crippen molar-refractivity contribution in [1.29, 1.82) is 0 Å². The van der Waals surface area contributed by atoms with Gasteiger partial charge in [0.05, 0.1) is 11.1 Å². The molecule has 29 heavy (non-hydrogen) atoms. The van der Waals surface area contributed by atoms with Gasteiger partial charge in [0.25, 0.3) is 0 Å². The van der Waals surface area contributed by atoms with Gasteiger partial charge in [-0.3, -0.25) is 0 Å². The lowest BCUT2D eigenvalue weighted by molar-refractivity contribution is 0.267. The minimum atomic E-state index is 0.254. The van der Waals surface area contributed by atoms with Crippen LogP contribution in [-0.4, -0.2) is 6.61 Å². The molecule has 0 saturated carbocycles. The smallest absolute Gasteiger partial charge is 0.175 e. The Kier molecular flexibility index (Phi) is 7.99. The van der Waals surface area contributed by atoms with Crippen molar-refractivity contribution in [3.05, 3.63) is 92.9 Å². The van der Waals surface area contributed by atoms with Crippen molar-refractivity contribution in [2.45, 2.75) is 33.0 Å². The molecular formula is C24H25BrClNO2. The number of rotatable bonds is 9. The lowest BCUT2D eigenvalue weighted by Gasteiger charge is -2.18. The Balaban J connectivity index is 1.71. The van der Waals surface area contributed by atoms with Gasteiger partial charge in [-0.05, 0) is 70.7 Å².